The van der Waals surface area contributed by atoms with Gasteiger partial charge in [-0.1, -0.05) is 13.3 Å². The van der Waals surface area contributed by atoms with Crippen LogP contribution in [0.1, 0.15) is 33.6 Å². The third-order valence-electron chi connectivity index (χ3n) is 3.80. The van der Waals surface area contributed by atoms with Gasteiger partial charge >= 0.3 is 0 Å². The maximum absolute atomic E-state index is 10.2. The average Bonchev–Trinajstić information content (AvgIpc) is 2.57. The molecule has 1 heterocycles. The summed E-state index contributed by atoms with van der Waals surface area (Å²) in [6.45, 7) is 5.28. The highest BCUT2D eigenvalue weighted by Crippen LogP contribution is 2.47. The molecule has 106 valence electrons. The highest BCUT2D eigenvalue weighted by Gasteiger charge is 2.66. The third kappa shape index (κ3) is 1.88. The Kier molecular flexibility index (Phi) is 3.46. The molecule has 0 spiro atoms. The van der Waals surface area contributed by atoms with Crippen molar-refractivity contribution in [1.82, 2.24) is 0 Å². The molecule has 6 nitrogen and oxygen atoms in total. The minimum absolute atomic E-state index is 0.434. The smallest absolute Gasteiger partial charge is 0.164 e. The first-order valence-corrected chi connectivity index (χ1v) is 6.35. The summed E-state index contributed by atoms with van der Waals surface area (Å²) in [7, 11) is 0. The first-order chi connectivity index (χ1) is 8.25. The van der Waals surface area contributed by atoms with E-state index in [0.717, 1.165) is 0 Å². The van der Waals surface area contributed by atoms with Gasteiger partial charge in [-0.15, -0.1) is 0 Å². The zero-order valence-electron chi connectivity index (χ0n) is 10.9. The van der Waals surface area contributed by atoms with Crippen LogP contribution in [0.2, 0.25) is 0 Å². The number of aliphatic hydroxyl groups excluding tert-OH is 4. The molecule has 6 atom stereocenters. The maximum Gasteiger partial charge on any atom is 0.164 e. The number of fused-ring (bicyclic) bond motifs is 1. The molecular weight excluding hydrogens is 240 g/mol. The van der Waals surface area contributed by atoms with E-state index < -0.39 is 41.9 Å². The number of aliphatic hydroxyl groups is 4. The number of hydrogen-bond acceptors (Lipinski definition) is 6. The van der Waals surface area contributed by atoms with Crippen molar-refractivity contribution in [3.63, 3.8) is 0 Å². The molecular formula is C12H22O6. The van der Waals surface area contributed by atoms with Crippen LogP contribution < -0.4 is 0 Å². The van der Waals surface area contributed by atoms with E-state index in [1.54, 1.807) is 13.8 Å². The van der Waals surface area contributed by atoms with Crippen molar-refractivity contribution in [1.29, 1.82) is 0 Å². The molecule has 0 amide bonds. The standard InChI is InChI=1S/C12H22O6/c1-4-5-12-9(16)7(14)6(13)8(15)10(12)17-11(2,3)18-12/h6-10,13-16H,4-5H2,1-3H3/t6-,7-,8+,9+,10-,12+/m1/s1. The van der Waals surface area contributed by atoms with Gasteiger partial charge in [0.1, 0.15) is 36.1 Å². The fraction of sp³-hybridized carbons (Fsp3) is 1.00. The molecule has 0 aromatic heterocycles. The minimum atomic E-state index is -1.44. The molecule has 4 N–H and O–H groups in total. The zero-order valence-corrected chi connectivity index (χ0v) is 10.9. The summed E-state index contributed by atoms with van der Waals surface area (Å²) in [6.07, 6.45) is -5.17. The van der Waals surface area contributed by atoms with Crippen LogP contribution in [0.25, 0.3) is 0 Å². The summed E-state index contributed by atoms with van der Waals surface area (Å²) in [5.74, 6) is -0.967. The van der Waals surface area contributed by atoms with Crippen molar-refractivity contribution in [2.75, 3.05) is 0 Å². The zero-order chi connectivity index (χ0) is 13.7. The molecule has 0 unspecified atom stereocenters. The number of ether oxygens (including phenoxy) is 2. The lowest BCUT2D eigenvalue weighted by molar-refractivity contribution is -0.238. The van der Waals surface area contributed by atoms with E-state index in [0.29, 0.717) is 12.8 Å². The summed E-state index contributed by atoms with van der Waals surface area (Å²) in [5, 5.41) is 39.8. The molecule has 0 bridgehead atoms. The fourth-order valence-electron chi connectivity index (χ4n) is 3.12. The molecule has 1 saturated carbocycles. The largest absolute Gasteiger partial charge is 0.387 e. The van der Waals surface area contributed by atoms with Gasteiger partial charge in [0.25, 0.3) is 0 Å². The Labute approximate surface area is 106 Å². The van der Waals surface area contributed by atoms with E-state index >= 15 is 0 Å². The van der Waals surface area contributed by atoms with E-state index in [-0.39, 0.29) is 0 Å². The molecule has 1 aliphatic carbocycles. The molecule has 2 aliphatic rings. The van der Waals surface area contributed by atoms with E-state index in [2.05, 4.69) is 0 Å². The second kappa shape index (κ2) is 4.40. The van der Waals surface area contributed by atoms with Gasteiger partial charge in [0.2, 0.25) is 0 Å². The van der Waals surface area contributed by atoms with Crippen molar-refractivity contribution in [3.05, 3.63) is 0 Å². The van der Waals surface area contributed by atoms with E-state index in [4.69, 9.17) is 9.47 Å². The molecule has 2 rings (SSSR count). The summed E-state index contributed by atoms with van der Waals surface area (Å²) in [4.78, 5) is 0. The van der Waals surface area contributed by atoms with Crippen LogP contribution in [0.15, 0.2) is 0 Å². The summed E-state index contributed by atoms with van der Waals surface area (Å²) < 4.78 is 11.4. The maximum atomic E-state index is 10.2. The van der Waals surface area contributed by atoms with E-state index in [1.165, 1.54) is 0 Å². The Morgan fingerprint density at radius 2 is 1.61 bits per heavy atom. The van der Waals surface area contributed by atoms with Crippen LogP contribution in [0, 0.1) is 0 Å². The lowest BCUT2D eigenvalue weighted by Crippen LogP contribution is -2.69. The van der Waals surface area contributed by atoms with E-state index in [1.807, 2.05) is 6.92 Å². The minimum Gasteiger partial charge on any atom is -0.387 e. The van der Waals surface area contributed by atoms with Gasteiger partial charge in [0.15, 0.2) is 5.79 Å². The molecule has 2 fully saturated rings. The summed E-state index contributed by atoms with van der Waals surface area (Å²) in [5.41, 5.74) is -1.17. The molecule has 6 heteroatoms. The topological polar surface area (TPSA) is 99.4 Å². The van der Waals surface area contributed by atoms with Crippen molar-refractivity contribution < 1.29 is 29.9 Å². The summed E-state index contributed by atoms with van der Waals surface area (Å²) >= 11 is 0. The first-order valence-electron chi connectivity index (χ1n) is 6.35. The van der Waals surface area contributed by atoms with Crippen LogP contribution in [-0.2, 0) is 9.47 Å². The Hall–Kier alpha value is -0.240. The van der Waals surface area contributed by atoms with Gasteiger partial charge in [-0.05, 0) is 20.3 Å². The Morgan fingerprint density at radius 3 is 2.17 bits per heavy atom. The molecule has 1 saturated heterocycles. The van der Waals surface area contributed by atoms with Crippen LogP contribution in [-0.4, -0.2) is 62.3 Å². The molecule has 0 aromatic carbocycles. The highest BCUT2D eigenvalue weighted by atomic mass is 16.8. The fourth-order valence-corrected chi connectivity index (χ4v) is 3.12. The highest BCUT2D eigenvalue weighted by molar-refractivity contribution is 5.13. The van der Waals surface area contributed by atoms with Crippen LogP contribution in [0.3, 0.4) is 0 Å². The second-order valence-electron chi connectivity index (χ2n) is 5.66. The lowest BCUT2D eigenvalue weighted by atomic mass is 9.72. The van der Waals surface area contributed by atoms with Gasteiger partial charge in [0.05, 0.1) is 0 Å². The predicted molar refractivity (Wildman–Crippen MR) is 61.7 cm³/mol. The molecule has 0 aromatic rings. The van der Waals surface area contributed by atoms with Crippen molar-refractivity contribution in [2.45, 2.75) is 75.5 Å². The Bertz CT molecular complexity index is 320. The van der Waals surface area contributed by atoms with Gasteiger partial charge < -0.3 is 29.9 Å². The van der Waals surface area contributed by atoms with Gasteiger partial charge in [-0.3, -0.25) is 0 Å². The molecule has 0 radical (unpaired) electrons. The molecule has 1 aliphatic heterocycles. The Balaban J connectivity index is 2.40. The Morgan fingerprint density at radius 1 is 1.00 bits per heavy atom. The third-order valence-corrected chi connectivity index (χ3v) is 3.80. The van der Waals surface area contributed by atoms with Crippen molar-refractivity contribution in [3.8, 4) is 0 Å². The predicted octanol–water partition coefficient (Wildman–Crippen LogP) is -0.866. The number of hydrogen-bond donors (Lipinski definition) is 4. The quantitative estimate of drug-likeness (QED) is 0.516. The number of rotatable bonds is 2. The van der Waals surface area contributed by atoms with Gasteiger partial charge in [-0.25, -0.2) is 0 Å². The molecule has 18 heavy (non-hydrogen) atoms. The van der Waals surface area contributed by atoms with Crippen molar-refractivity contribution >= 4 is 0 Å². The van der Waals surface area contributed by atoms with E-state index in [9.17, 15) is 20.4 Å². The lowest BCUT2D eigenvalue weighted by Gasteiger charge is -2.47. The first kappa shape index (κ1) is 14.2. The average molecular weight is 262 g/mol. The van der Waals surface area contributed by atoms with Crippen molar-refractivity contribution in [2.24, 2.45) is 0 Å². The van der Waals surface area contributed by atoms with Crippen LogP contribution >= 0.6 is 0 Å². The van der Waals surface area contributed by atoms with Crippen LogP contribution in [0.5, 0.6) is 0 Å². The summed E-state index contributed by atoms with van der Waals surface area (Å²) in [6, 6.07) is 0. The monoisotopic (exact) mass is 262 g/mol. The van der Waals surface area contributed by atoms with Gasteiger partial charge in [0, 0.05) is 0 Å². The van der Waals surface area contributed by atoms with Gasteiger partial charge in [-0.2, -0.15) is 0 Å². The normalized spacial score (nSPS) is 51.2. The second-order valence-corrected chi connectivity index (χ2v) is 5.66. The van der Waals surface area contributed by atoms with Crippen LogP contribution in [0.4, 0.5) is 0 Å². The SMILES string of the molecule is CCC[C@@]12OC(C)(C)O[C@@H]1[C@@H](O)[C@H](O)[C@@H](O)[C@@H]2O.